The Bertz CT molecular complexity index is 1430. The second-order valence-corrected chi connectivity index (χ2v) is 11.8. The highest BCUT2D eigenvalue weighted by Crippen LogP contribution is 2.22. The molecule has 0 saturated carbocycles. The molecule has 2 atom stereocenters. The van der Waals surface area contributed by atoms with Crippen molar-refractivity contribution in [2.75, 3.05) is 17.1 Å². The second kappa shape index (κ2) is 13.5. The van der Waals surface area contributed by atoms with Crippen LogP contribution in [0.2, 0.25) is 0 Å². The van der Waals surface area contributed by atoms with Gasteiger partial charge in [0.2, 0.25) is 21.8 Å². The van der Waals surface area contributed by atoms with Crippen molar-refractivity contribution in [3.63, 3.8) is 0 Å². The van der Waals surface area contributed by atoms with Gasteiger partial charge in [0.1, 0.15) is 12.6 Å². The highest BCUT2D eigenvalue weighted by Gasteiger charge is 2.33. The largest absolute Gasteiger partial charge is 0.352 e. The number of carbonyl (C=O) groups excluding carboxylic acids is 2. The van der Waals surface area contributed by atoms with Gasteiger partial charge in [0.15, 0.2) is 11.6 Å². The van der Waals surface area contributed by atoms with E-state index < -0.39 is 40.2 Å². The summed E-state index contributed by atoms with van der Waals surface area (Å²) in [7, 11) is -4.09. The number of halogens is 2. The van der Waals surface area contributed by atoms with E-state index in [4.69, 9.17) is 0 Å². The lowest BCUT2D eigenvalue weighted by Crippen LogP contribution is -2.54. The average molecular weight is 572 g/mol. The monoisotopic (exact) mass is 571 g/mol. The van der Waals surface area contributed by atoms with E-state index in [1.165, 1.54) is 4.90 Å². The van der Waals surface area contributed by atoms with Crippen LogP contribution in [-0.2, 0) is 32.6 Å². The van der Waals surface area contributed by atoms with Crippen LogP contribution >= 0.6 is 0 Å². The molecule has 3 rings (SSSR count). The van der Waals surface area contributed by atoms with Gasteiger partial charge in [-0.3, -0.25) is 13.9 Å². The van der Waals surface area contributed by atoms with Crippen molar-refractivity contribution in [3.8, 4) is 0 Å². The molecule has 0 saturated heterocycles. The lowest BCUT2D eigenvalue weighted by molar-refractivity contribution is -0.140. The molecule has 0 fully saturated rings. The third-order valence-corrected chi connectivity index (χ3v) is 7.72. The van der Waals surface area contributed by atoms with Gasteiger partial charge in [0.25, 0.3) is 0 Å². The molecule has 214 valence electrons. The molecule has 1 N–H and O–H groups in total. The molecule has 2 unspecified atom stereocenters. The molecule has 2 amide bonds. The van der Waals surface area contributed by atoms with Gasteiger partial charge in [0, 0.05) is 25.1 Å². The number of nitrogens with one attached hydrogen (secondary N) is 1. The number of hydrogen-bond donors (Lipinski definition) is 1. The molecule has 0 aliphatic heterocycles. The Morgan fingerprint density at radius 3 is 2.20 bits per heavy atom. The van der Waals surface area contributed by atoms with Crippen LogP contribution in [0.5, 0.6) is 0 Å². The van der Waals surface area contributed by atoms with Crippen molar-refractivity contribution in [1.82, 2.24) is 10.2 Å². The summed E-state index contributed by atoms with van der Waals surface area (Å²) in [4.78, 5) is 29.0. The van der Waals surface area contributed by atoms with E-state index in [2.05, 4.69) is 5.32 Å². The maximum Gasteiger partial charge on any atom is 0.244 e. The first-order chi connectivity index (χ1) is 18.9. The zero-order valence-electron chi connectivity index (χ0n) is 23.1. The van der Waals surface area contributed by atoms with Gasteiger partial charge in [-0.05, 0) is 43.5 Å². The maximum absolute atomic E-state index is 14.0. The Morgan fingerprint density at radius 2 is 1.60 bits per heavy atom. The minimum absolute atomic E-state index is 0.0291. The van der Waals surface area contributed by atoms with Gasteiger partial charge in [-0.15, -0.1) is 0 Å². The van der Waals surface area contributed by atoms with Crippen LogP contribution in [0.1, 0.15) is 37.0 Å². The minimum atomic E-state index is -4.09. The maximum atomic E-state index is 14.0. The zero-order valence-corrected chi connectivity index (χ0v) is 23.9. The van der Waals surface area contributed by atoms with E-state index >= 15 is 0 Å². The smallest absolute Gasteiger partial charge is 0.244 e. The Labute approximate surface area is 234 Å². The van der Waals surface area contributed by atoms with Crippen LogP contribution in [0.25, 0.3) is 0 Å². The number of amides is 2. The third-order valence-electron chi connectivity index (χ3n) is 6.58. The molecule has 3 aromatic carbocycles. The molecular formula is C30H35F2N3O4S. The van der Waals surface area contributed by atoms with Crippen LogP contribution in [0.15, 0.2) is 72.8 Å². The Hall–Kier alpha value is -3.79. The lowest BCUT2D eigenvalue weighted by atomic mass is 10.0. The molecular weight excluding hydrogens is 536 g/mol. The molecule has 0 bridgehead atoms. The van der Waals surface area contributed by atoms with Crippen molar-refractivity contribution in [2.24, 2.45) is 0 Å². The van der Waals surface area contributed by atoms with Gasteiger partial charge in [0.05, 0.1) is 11.9 Å². The summed E-state index contributed by atoms with van der Waals surface area (Å²) in [6.07, 6.45) is 1.74. The SMILES string of the molecule is CCC(C)NC(=O)C(Cc1ccccc1)N(Cc1cccc(C)c1)C(=O)CN(c1ccc(F)c(F)c1)S(C)(=O)=O. The summed E-state index contributed by atoms with van der Waals surface area (Å²) in [5.41, 5.74) is 2.32. The van der Waals surface area contributed by atoms with E-state index in [1.807, 2.05) is 75.4 Å². The average Bonchev–Trinajstić information content (AvgIpc) is 2.90. The summed E-state index contributed by atoms with van der Waals surface area (Å²) in [6.45, 7) is 5.01. The summed E-state index contributed by atoms with van der Waals surface area (Å²) in [5, 5.41) is 2.96. The summed E-state index contributed by atoms with van der Waals surface area (Å²) < 4.78 is 53.8. The lowest BCUT2D eigenvalue weighted by Gasteiger charge is -2.34. The fourth-order valence-corrected chi connectivity index (χ4v) is 5.10. The van der Waals surface area contributed by atoms with E-state index in [1.54, 1.807) is 0 Å². The highest BCUT2D eigenvalue weighted by atomic mass is 32.2. The van der Waals surface area contributed by atoms with Crippen molar-refractivity contribution in [1.29, 1.82) is 0 Å². The molecule has 40 heavy (non-hydrogen) atoms. The number of sulfonamides is 1. The normalized spacial score (nSPS) is 12.8. The molecule has 0 aromatic heterocycles. The number of nitrogens with zero attached hydrogens (tertiary/aromatic N) is 2. The van der Waals surface area contributed by atoms with Crippen LogP contribution in [0.4, 0.5) is 14.5 Å². The first-order valence-corrected chi connectivity index (χ1v) is 14.9. The van der Waals surface area contributed by atoms with E-state index in [9.17, 15) is 26.8 Å². The Kier molecular flexibility index (Phi) is 10.4. The molecule has 0 spiro atoms. The van der Waals surface area contributed by atoms with Crippen LogP contribution < -0.4 is 9.62 Å². The summed E-state index contributed by atoms with van der Waals surface area (Å²) >= 11 is 0. The topological polar surface area (TPSA) is 86.8 Å². The number of benzene rings is 3. The quantitative estimate of drug-likeness (QED) is 0.345. The first-order valence-electron chi connectivity index (χ1n) is 13.0. The summed E-state index contributed by atoms with van der Waals surface area (Å²) in [5.74, 6) is -3.44. The number of anilines is 1. The molecule has 0 aliphatic carbocycles. The van der Waals surface area contributed by atoms with Gasteiger partial charge >= 0.3 is 0 Å². The number of aryl methyl sites for hydroxylation is 1. The van der Waals surface area contributed by atoms with Crippen LogP contribution in [0.3, 0.4) is 0 Å². The van der Waals surface area contributed by atoms with E-state index in [0.29, 0.717) is 10.7 Å². The van der Waals surface area contributed by atoms with E-state index in [-0.39, 0.29) is 30.6 Å². The van der Waals surface area contributed by atoms with Crippen molar-refractivity contribution < 1.29 is 26.8 Å². The Balaban J connectivity index is 2.07. The first kappa shape index (κ1) is 30.7. The fraction of sp³-hybridized carbons (Fsp3) is 0.333. The van der Waals surface area contributed by atoms with Gasteiger partial charge in [-0.1, -0.05) is 67.1 Å². The zero-order chi connectivity index (χ0) is 29.4. The predicted octanol–water partition coefficient (Wildman–Crippen LogP) is 4.59. The predicted molar refractivity (Wildman–Crippen MR) is 152 cm³/mol. The number of carbonyl (C=O) groups is 2. The second-order valence-electron chi connectivity index (χ2n) is 9.90. The molecule has 0 aliphatic rings. The van der Waals surface area contributed by atoms with Crippen molar-refractivity contribution in [2.45, 2.75) is 52.2 Å². The number of hydrogen-bond acceptors (Lipinski definition) is 4. The molecule has 3 aromatic rings. The molecule has 7 nitrogen and oxygen atoms in total. The highest BCUT2D eigenvalue weighted by molar-refractivity contribution is 7.92. The molecule has 0 heterocycles. The number of rotatable bonds is 12. The molecule has 0 radical (unpaired) electrons. The molecule has 10 heteroatoms. The van der Waals surface area contributed by atoms with Gasteiger partial charge in [-0.2, -0.15) is 0 Å². The van der Waals surface area contributed by atoms with Crippen LogP contribution in [0, 0.1) is 18.6 Å². The van der Waals surface area contributed by atoms with Crippen molar-refractivity contribution >= 4 is 27.5 Å². The Morgan fingerprint density at radius 1 is 0.925 bits per heavy atom. The fourth-order valence-electron chi connectivity index (χ4n) is 4.26. The summed E-state index contributed by atoms with van der Waals surface area (Å²) in [6, 6.07) is 18.2. The standard InChI is InChI=1S/C30H35F2N3O4S/c1-5-22(3)33-30(37)28(17-23-11-7-6-8-12-23)34(19-24-13-9-10-21(2)16-24)29(36)20-35(40(4,38)39)25-14-15-26(31)27(32)18-25/h6-16,18,22,28H,5,17,19-20H2,1-4H3,(H,33,37). The third kappa shape index (κ3) is 8.35. The minimum Gasteiger partial charge on any atom is -0.352 e. The van der Waals surface area contributed by atoms with E-state index in [0.717, 1.165) is 41.1 Å². The van der Waals surface area contributed by atoms with Crippen LogP contribution in [-0.4, -0.2) is 50.0 Å². The van der Waals surface area contributed by atoms with Gasteiger partial charge < -0.3 is 10.2 Å². The van der Waals surface area contributed by atoms with Crippen molar-refractivity contribution in [3.05, 3.63) is 101 Å². The van der Waals surface area contributed by atoms with Gasteiger partial charge in [-0.25, -0.2) is 17.2 Å².